The molecule has 1 aliphatic heterocycles. The van der Waals surface area contributed by atoms with E-state index < -0.39 is 0 Å². The number of nitrogens with zero attached hydrogens (tertiary/aromatic N) is 2. The van der Waals surface area contributed by atoms with Gasteiger partial charge in [0, 0.05) is 38.0 Å². The molecule has 2 aromatic rings. The van der Waals surface area contributed by atoms with Crippen molar-refractivity contribution in [3.8, 4) is 11.5 Å². The molecular formula is C23H28N2O4. The van der Waals surface area contributed by atoms with Gasteiger partial charge in [0.2, 0.25) is 5.91 Å². The summed E-state index contributed by atoms with van der Waals surface area (Å²) in [5.41, 5.74) is 1.63. The van der Waals surface area contributed by atoms with Crippen LogP contribution in [0, 0.1) is 0 Å². The van der Waals surface area contributed by atoms with Crippen molar-refractivity contribution in [1.82, 2.24) is 9.80 Å². The van der Waals surface area contributed by atoms with Gasteiger partial charge in [-0.2, -0.15) is 0 Å². The molecule has 6 heteroatoms. The third kappa shape index (κ3) is 6.06. The lowest BCUT2D eigenvalue weighted by molar-refractivity contribution is -0.131. The summed E-state index contributed by atoms with van der Waals surface area (Å²) >= 11 is 0. The first-order valence-corrected chi connectivity index (χ1v) is 9.92. The Hall–Kier alpha value is -2.86. The number of benzene rings is 2. The molecule has 0 N–H and O–H groups in total. The average molecular weight is 396 g/mol. The van der Waals surface area contributed by atoms with Crippen LogP contribution in [0.3, 0.4) is 0 Å². The van der Waals surface area contributed by atoms with Gasteiger partial charge in [0.15, 0.2) is 17.3 Å². The maximum atomic E-state index is 12.8. The molecule has 0 radical (unpaired) electrons. The van der Waals surface area contributed by atoms with E-state index in [-0.39, 0.29) is 24.5 Å². The van der Waals surface area contributed by atoms with Crippen molar-refractivity contribution in [2.24, 2.45) is 0 Å². The van der Waals surface area contributed by atoms with Crippen LogP contribution in [0.15, 0.2) is 48.5 Å². The Kier molecular flexibility index (Phi) is 7.25. The molecule has 1 heterocycles. The van der Waals surface area contributed by atoms with Gasteiger partial charge < -0.3 is 19.3 Å². The van der Waals surface area contributed by atoms with Crippen LogP contribution in [0.2, 0.25) is 0 Å². The van der Waals surface area contributed by atoms with E-state index in [9.17, 15) is 9.59 Å². The summed E-state index contributed by atoms with van der Waals surface area (Å²) in [6.07, 6.45) is 0.360. The first kappa shape index (κ1) is 20.9. The predicted molar refractivity (Wildman–Crippen MR) is 111 cm³/mol. The zero-order valence-corrected chi connectivity index (χ0v) is 17.1. The lowest BCUT2D eigenvalue weighted by atomic mass is 10.0. The highest BCUT2D eigenvalue weighted by Crippen LogP contribution is 2.31. The first-order chi connectivity index (χ1) is 14.0. The number of fused-ring (bicyclic) bond motifs is 1. The normalized spacial score (nSPS) is 12.7. The second-order valence-corrected chi connectivity index (χ2v) is 7.39. The molecule has 0 bridgehead atoms. The molecular weight excluding hydrogens is 368 g/mol. The maximum absolute atomic E-state index is 12.8. The molecule has 0 fully saturated rings. The zero-order valence-electron chi connectivity index (χ0n) is 17.1. The fourth-order valence-electron chi connectivity index (χ4n) is 3.16. The Morgan fingerprint density at radius 3 is 2.34 bits per heavy atom. The van der Waals surface area contributed by atoms with Crippen LogP contribution in [-0.4, -0.2) is 61.9 Å². The maximum Gasteiger partial charge on any atom is 0.223 e. The SMILES string of the molecule is CN(C)CCN(Cc1ccccc1)C(=O)CCC(=O)c1ccc2c(c1)OCCO2. The minimum absolute atomic E-state index is 0.0124. The molecule has 0 atom stereocenters. The molecule has 6 nitrogen and oxygen atoms in total. The summed E-state index contributed by atoms with van der Waals surface area (Å²) in [5, 5.41) is 0. The van der Waals surface area contributed by atoms with E-state index in [1.807, 2.05) is 54.2 Å². The van der Waals surface area contributed by atoms with Crippen molar-refractivity contribution in [3.63, 3.8) is 0 Å². The molecule has 1 aliphatic rings. The van der Waals surface area contributed by atoms with Gasteiger partial charge >= 0.3 is 0 Å². The minimum Gasteiger partial charge on any atom is -0.486 e. The molecule has 0 aromatic heterocycles. The number of carbonyl (C=O) groups is 2. The molecule has 1 amide bonds. The number of Topliss-reactive ketones (excluding diaryl/α,β-unsaturated/α-hetero) is 1. The van der Waals surface area contributed by atoms with Crippen LogP contribution in [0.5, 0.6) is 11.5 Å². The van der Waals surface area contributed by atoms with Crippen LogP contribution in [-0.2, 0) is 11.3 Å². The second-order valence-electron chi connectivity index (χ2n) is 7.39. The van der Waals surface area contributed by atoms with Gasteiger partial charge in [-0.25, -0.2) is 0 Å². The lowest BCUT2D eigenvalue weighted by Gasteiger charge is -2.24. The Labute approximate surface area is 172 Å². The van der Waals surface area contributed by atoms with Gasteiger partial charge in [-0.05, 0) is 37.9 Å². The largest absolute Gasteiger partial charge is 0.486 e. The Balaban J connectivity index is 1.60. The smallest absolute Gasteiger partial charge is 0.223 e. The summed E-state index contributed by atoms with van der Waals surface area (Å²) in [6.45, 7) is 2.93. The number of hydrogen-bond donors (Lipinski definition) is 0. The number of rotatable bonds is 9. The van der Waals surface area contributed by atoms with E-state index in [2.05, 4.69) is 0 Å². The van der Waals surface area contributed by atoms with Gasteiger partial charge in [0.05, 0.1) is 0 Å². The average Bonchev–Trinajstić information content (AvgIpc) is 2.75. The van der Waals surface area contributed by atoms with Crippen molar-refractivity contribution in [3.05, 3.63) is 59.7 Å². The molecule has 0 unspecified atom stereocenters. The third-order valence-corrected chi connectivity index (χ3v) is 4.82. The number of ketones is 1. The highest BCUT2D eigenvalue weighted by atomic mass is 16.6. The first-order valence-electron chi connectivity index (χ1n) is 9.92. The van der Waals surface area contributed by atoms with Crippen molar-refractivity contribution >= 4 is 11.7 Å². The van der Waals surface area contributed by atoms with Crippen LogP contribution >= 0.6 is 0 Å². The van der Waals surface area contributed by atoms with E-state index in [1.54, 1.807) is 18.2 Å². The second kappa shape index (κ2) is 10.1. The van der Waals surface area contributed by atoms with Gasteiger partial charge in [-0.15, -0.1) is 0 Å². The van der Waals surface area contributed by atoms with E-state index in [1.165, 1.54) is 0 Å². The predicted octanol–water partition coefficient (Wildman–Crippen LogP) is 3.01. The van der Waals surface area contributed by atoms with E-state index in [0.29, 0.717) is 43.4 Å². The summed E-state index contributed by atoms with van der Waals surface area (Å²) < 4.78 is 11.0. The highest BCUT2D eigenvalue weighted by molar-refractivity contribution is 5.98. The van der Waals surface area contributed by atoms with E-state index >= 15 is 0 Å². The Morgan fingerprint density at radius 2 is 1.62 bits per heavy atom. The summed E-state index contributed by atoms with van der Waals surface area (Å²) in [5.74, 6) is 1.16. The molecule has 29 heavy (non-hydrogen) atoms. The molecule has 0 aliphatic carbocycles. The van der Waals surface area contributed by atoms with Crippen molar-refractivity contribution in [1.29, 1.82) is 0 Å². The third-order valence-electron chi connectivity index (χ3n) is 4.82. The molecule has 3 rings (SSSR count). The summed E-state index contributed by atoms with van der Waals surface area (Å²) in [6, 6.07) is 15.1. The van der Waals surface area contributed by atoms with Gasteiger partial charge in [0.25, 0.3) is 0 Å². The Bertz CT molecular complexity index is 836. The number of carbonyl (C=O) groups excluding carboxylic acids is 2. The molecule has 2 aromatic carbocycles. The van der Waals surface area contributed by atoms with Crippen LogP contribution in [0.25, 0.3) is 0 Å². The number of amides is 1. The summed E-state index contributed by atoms with van der Waals surface area (Å²) in [4.78, 5) is 29.3. The van der Waals surface area contributed by atoms with Gasteiger partial charge in [-0.3, -0.25) is 9.59 Å². The molecule has 0 spiro atoms. The topological polar surface area (TPSA) is 59.1 Å². The minimum atomic E-state index is -0.0670. The van der Waals surface area contributed by atoms with E-state index in [0.717, 1.165) is 12.1 Å². The van der Waals surface area contributed by atoms with Crippen LogP contribution in [0.4, 0.5) is 0 Å². The van der Waals surface area contributed by atoms with Crippen molar-refractivity contribution in [2.45, 2.75) is 19.4 Å². The standard InChI is InChI=1S/C23H28N2O4/c1-24(2)12-13-25(17-18-6-4-3-5-7-18)23(27)11-9-20(26)19-8-10-21-22(16-19)29-15-14-28-21/h3-8,10,16H,9,11-15,17H2,1-2H3. The van der Waals surface area contributed by atoms with Crippen molar-refractivity contribution < 1.29 is 19.1 Å². The lowest BCUT2D eigenvalue weighted by Crippen LogP contribution is -2.36. The monoisotopic (exact) mass is 396 g/mol. The van der Waals surface area contributed by atoms with E-state index in [4.69, 9.17) is 9.47 Å². The molecule has 0 saturated heterocycles. The zero-order chi connectivity index (χ0) is 20.6. The Morgan fingerprint density at radius 1 is 0.897 bits per heavy atom. The fraction of sp³-hybridized carbons (Fsp3) is 0.391. The van der Waals surface area contributed by atoms with Gasteiger partial charge in [-0.1, -0.05) is 30.3 Å². The fourth-order valence-corrected chi connectivity index (χ4v) is 3.16. The van der Waals surface area contributed by atoms with Crippen molar-refractivity contribution in [2.75, 3.05) is 40.4 Å². The number of hydrogen-bond acceptors (Lipinski definition) is 5. The molecule has 154 valence electrons. The van der Waals surface area contributed by atoms with Crippen LogP contribution < -0.4 is 9.47 Å². The highest BCUT2D eigenvalue weighted by Gasteiger charge is 2.18. The van der Waals surface area contributed by atoms with Crippen LogP contribution in [0.1, 0.15) is 28.8 Å². The quantitative estimate of drug-likeness (QED) is 0.610. The summed E-state index contributed by atoms with van der Waals surface area (Å²) in [7, 11) is 3.97. The molecule has 0 saturated carbocycles. The number of ether oxygens (including phenoxy) is 2. The van der Waals surface area contributed by atoms with Gasteiger partial charge in [0.1, 0.15) is 13.2 Å². The number of likely N-dealkylation sites (N-methyl/N-ethyl adjacent to an activating group) is 1.